The first-order valence-electron chi connectivity index (χ1n) is 10.2. The van der Waals surface area contributed by atoms with Crippen LogP contribution >= 0.6 is 0 Å². The van der Waals surface area contributed by atoms with Gasteiger partial charge in [0, 0.05) is 29.7 Å². The Morgan fingerprint density at radius 1 is 1.14 bits per heavy atom. The summed E-state index contributed by atoms with van der Waals surface area (Å²) in [6, 6.07) is 15.4. The molecule has 0 radical (unpaired) electrons. The highest BCUT2D eigenvalue weighted by Gasteiger charge is 2.42. The van der Waals surface area contributed by atoms with Gasteiger partial charge in [-0.2, -0.15) is 0 Å². The zero-order valence-corrected chi connectivity index (χ0v) is 17.7. The lowest BCUT2D eigenvalue weighted by Gasteiger charge is -2.43. The highest BCUT2D eigenvalue weighted by atomic mass is 16.5. The lowest BCUT2D eigenvalue weighted by atomic mass is 9.68. The van der Waals surface area contributed by atoms with Crippen molar-refractivity contribution < 1.29 is 19.0 Å². The number of benzene rings is 2. The zero-order valence-electron chi connectivity index (χ0n) is 17.7. The second kappa shape index (κ2) is 9.31. The second-order valence-electron chi connectivity index (χ2n) is 8.04. The first-order chi connectivity index (χ1) is 14.0. The maximum absolute atomic E-state index is 13.1. The predicted octanol–water partition coefficient (Wildman–Crippen LogP) is 4.81. The fraction of sp³-hybridized carbons (Fsp3) is 0.458. The minimum absolute atomic E-state index is 0.00882. The number of amides is 1. The number of anilines is 1. The summed E-state index contributed by atoms with van der Waals surface area (Å²) >= 11 is 0. The van der Waals surface area contributed by atoms with Gasteiger partial charge in [0.15, 0.2) is 0 Å². The molecule has 0 aliphatic carbocycles. The number of rotatable bonds is 7. The van der Waals surface area contributed by atoms with Crippen LogP contribution in [0.3, 0.4) is 0 Å². The van der Waals surface area contributed by atoms with Gasteiger partial charge in [0.05, 0.1) is 20.3 Å². The molecule has 0 bridgehead atoms. The molecule has 1 aliphatic heterocycles. The van der Waals surface area contributed by atoms with Crippen molar-refractivity contribution in [3.05, 3.63) is 54.1 Å². The largest absolute Gasteiger partial charge is 0.497 e. The molecule has 156 valence electrons. The first-order valence-corrected chi connectivity index (χ1v) is 10.2. The van der Waals surface area contributed by atoms with E-state index < -0.39 is 0 Å². The zero-order chi connectivity index (χ0) is 20.9. The maximum Gasteiger partial charge on any atom is 0.225 e. The highest BCUT2D eigenvalue weighted by Crippen LogP contribution is 2.45. The van der Waals surface area contributed by atoms with Crippen molar-refractivity contribution in [2.75, 3.05) is 26.1 Å². The van der Waals surface area contributed by atoms with Crippen LogP contribution in [0.2, 0.25) is 0 Å². The number of carbonyl (C=O) groups is 1. The molecule has 0 spiro atoms. The van der Waals surface area contributed by atoms with Crippen LogP contribution in [0.25, 0.3) is 0 Å². The van der Waals surface area contributed by atoms with Gasteiger partial charge in [0.1, 0.15) is 11.5 Å². The third-order valence-corrected chi connectivity index (χ3v) is 5.80. The van der Waals surface area contributed by atoms with Crippen LogP contribution in [0.1, 0.15) is 38.7 Å². The lowest BCUT2D eigenvalue weighted by Crippen LogP contribution is -2.43. The van der Waals surface area contributed by atoms with Crippen molar-refractivity contribution in [3.63, 3.8) is 0 Å². The molecule has 2 unspecified atom stereocenters. The Morgan fingerprint density at radius 2 is 1.86 bits per heavy atom. The normalized spacial score (nSPS) is 21.6. The van der Waals surface area contributed by atoms with Gasteiger partial charge in [0.2, 0.25) is 5.91 Å². The summed E-state index contributed by atoms with van der Waals surface area (Å²) in [6.45, 7) is 4.97. The Bertz CT molecular complexity index is 818. The summed E-state index contributed by atoms with van der Waals surface area (Å²) in [6.07, 6.45) is 2.07. The van der Waals surface area contributed by atoms with E-state index in [0.717, 1.165) is 35.6 Å². The van der Waals surface area contributed by atoms with Crippen molar-refractivity contribution in [1.29, 1.82) is 0 Å². The number of hydrogen-bond acceptors (Lipinski definition) is 4. The fourth-order valence-corrected chi connectivity index (χ4v) is 4.15. The van der Waals surface area contributed by atoms with E-state index in [1.165, 1.54) is 0 Å². The second-order valence-corrected chi connectivity index (χ2v) is 8.04. The molecule has 1 heterocycles. The molecular weight excluding hydrogens is 366 g/mol. The van der Waals surface area contributed by atoms with E-state index in [2.05, 4.69) is 25.2 Å². The molecule has 5 heteroatoms. The lowest BCUT2D eigenvalue weighted by molar-refractivity contribution is -0.119. The van der Waals surface area contributed by atoms with Crippen LogP contribution in [-0.4, -0.2) is 32.8 Å². The topological polar surface area (TPSA) is 56.8 Å². The number of methoxy groups -OCH3 is 2. The quantitative estimate of drug-likeness (QED) is 0.729. The van der Waals surface area contributed by atoms with Gasteiger partial charge in [-0.1, -0.05) is 32.0 Å². The van der Waals surface area contributed by atoms with Crippen LogP contribution in [0.5, 0.6) is 11.5 Å². The summed E-state index contributed by atoms with van der Waals surface area (Å²) in [5.74, 6) is 1.96. The number of carbonyl (C=O) groups excluding carboxylic acids is 1. The molecule has 1 saturated heterocycles. The summed E-state index contributed by atoms with van der Waals surface area (Å²) in [7, 11) is 3.31. The highest BCUT2D eigenvalue weighted by molar-refractivity contribution is 5.91. The van der Waals surface area contributed by atoms with Crippen molar-refractivity contribution >= 4 is 11.6 Å². The molecule has 2 aromatic rings. The van der Waals surface area contributed by atoms with Crippen LogP contribution < -0.4 is 14.8 Å². The molecule has 29 heavy (non-hydrogen) atoms. The Labute approximate surface area is 173 Å². The molecule has 0 aromatic heterocycles. The van der Waals surface area contributed by atoms with Gasteiger partial charge < -0.3 is 19.5 Å². The van der Waals surface area contributed by atoms with Crippen molar-refractivity contribution in [2.24, 2.45) is 5.92 Å². The average molecular weight is 398 g/mol. The van der Waals surface area contributed by atoms with Crippen molar-refractivity contribution in [1.82, 2.24) is 0 Å². The summed E-state index contributed by atoms with van der Waals surface area (Å²) < 4.78 is 16.9. The minimum Gasteiger partial charge on any atom is -0.497 e. The monoisotopic (exact) mass is 397 g/mol. The van der Waals surface area contributed by atoms with E-state index in [9.17, 15) is 4.79 Å². The fourth-order valence-electron chi connectivity index (χ4n) is 4.15. The number of ether oxygens (including phenoxy) is 3. The SMILES string of the molecule is COc1ccc(NC(=O)CC2(c3ccccc3OC)CCOC(C(C)C)C2)cc1. The molecule has 1 aliphatic rings. The molecule has 1 amide bonds. The first kappa shape index (κ1) is 21.2. The number of hydrogen-bond donors (Lipinski definition) is 1. The van der Waals surface area contributed by atoms with Gasteiger partial charge in [0.25, 0.3) is 0 Å². The van der Waals surface area contributed by atoms with Crippen molar-refractivity contribution in [2.45, 2.75) is 44.6 Å². The van der Waals surface area contributed by atoms with Gasteiger partial charge in [-0.15, -0.1) is 0 Å². The Balaban J connectivity index is 1.87. The molecule has 1 N–H and O–H groups in total. The van der Waals surface area contributed by atoms with Crippen LogP contribution in [0.4, 0.5) is 5.69 Å². The molecule has 2 atom stereocenters. The molecule has 2 aromatic carbocycles. The van der Waals surface area contributed by atoms with Gasteiger partial charge in [-0.25, -0.2) is 0 Å². The number of para-hydroxylation sites is 1. The molecular formula is C24H31NO4. The summed E-state index contributed by atoms with van der Waals surface area (Å²) in [5, 5.41) is 3.04. The van der Waals surface area contributed by atoms with E-state index in [0.29, 0.717) is 18.9 Å². The Kier molecular flexibility index (Phi) is 6.80. The Morgan fingerprint density at radius 3 is 2.52 bits per heavy atom. The maximum atomic E-state index is 13.1. The molecule has 3 rings (SSSR count). The van der Waals surface area contributed by atoms with E-state index in [1.54, 1.807) is 14.2 Å². The van der Waals surface area contributed by atoms with Gasteiger partial charge >= 0.3 is 0 Å². The van der Waals surface area contributed by atoms with E-state index in [4.69, 9.17) is 14.2 Å². The van der Waals surface area contributed by atoms with Crippen LogP contribution in [-0.2, 0) is 14.9 Å². The average Bonchev–Trinajstić information content (AvgIpc) is 2.74. The summed E-state index contributed by atoms with van der Waals surface area (Å²) in [4.78, 5) is 13.1. The smallest absolute Gasteiger partial charge is 0.225 e. The van der Waals surface area contributed by atoms with Gasteiger partial charge in [-0.3, -0.25) is 4.79 Å². The van der Waals surface area contributed by atoms with E-state index in [-0.39, 0.29) is 17.4 Å². The van der Waals surface area contributed by atoms with E-state index >= 15 is 0 Å². The van der Waals surface area contributed by atoms with Crippen molar-refractivity contribution in [3.8, 4) is 11.5 Å². The third-order valence-electron chi connectivity index (χ3n) is 5.80. The summed E-state index contributed by atoms with van der Waals surface area (Å²) in [5.41, 5.74) is 1.52. The Hall–Kier alpha value is -2.53. The molecule has 5 nitrogen and oxygen atoms in total. The van der Waals surface area contributed by atoms with Crippen LogP contribution in [0.15, 0.2) is 48.5 Å². The predicted molar refractivity (Wildman–Crippen MR) is 115 cm³/mol. The van der Waals surface area contributed by atoms with E-state index in [1.807, 2.05) is 42.5 Å². The van der Waals surface area contributed by atoms with Crippen LogP contribution in [0, 0.1) is 5.92 Å². The standard InChI is InChI=1S/C24H31NO4/c1-17(2)22-15-24(13-14-29-22,20-7-5-6-8-21(20)28-4)16-23(26)25-18-9-11-19(27-3)12-10-18/h5-12,17,22H,13-16H2,1-4H3,(H,25,26). The molecule has 0 saturated carbocycles. The third kappa shape index (κ3) is 4.91. The minimum atomic E-state index is -0.323. The number of nitrogens with one attached hydrogen (secondary N) is 1. The van der Waals surface area contributed by atoms with Gasteiger partial charge in [-0.05, 0) is 49.1 Å². The molecule has 1 fully saturated rings.